The molecule has 3 aromatic rings. The predicted molar refractivity (Wildman–Crippen MR) is 122 cm³/mol. The van der Waals surface area contributed by atoms with E-state index < -0.39 is 11.9 Å². The molecule has 9 heteroatoms. The number of halogens is 1. The number of rotatable bonds is 5. The molecule has 1 aliphatic carbocycles. The van der Waals surface area contributed by atoms with Crippen molar-refractivity contribution < 1.29 is 9.59 Å². The Bertz CT molecular complexity index is 1190. The van der Waals surface area contributed by atoms with Crippen molar-refractivity contribution in [2.75, 3.05) is 5.75 Å². The number of carbonyl (C=O) groups excluding carboxylic acids is 2. The van der Waals surface area contributed by atoms with E-state index in [0.717, 1.165) is 37.4 Å². The average molecular weight is 457 g/mol. The van der Waals surface area contributed by atoms with Crippen LogP contribution in [-0.2, 0) is 4.79 Å². The Kier molecular flexibility index (Phi) is 6.58. The minimum absolute atomic E-state index is 0.0660. The van der Waals surface area contributed by atoms with Crippen molar-refractivity contribution in [3.63, 3.8) is 0 Å². The molecular formula is C22H21ClN4O3S. The van der Waals surface area contributed by atoms with Gasteiger partial charge >= 0.3 is 6.03 Å². The largest absolute Gasteiger partial charge is 0.335 e. The molecule has 7 nitrogen and oxygen atoms in total. The molecular weight excluding hydrogens is 436 g/mol. The maximum atomic E-state index is 13.2. The molecule has 1 heterocycles. The molecule has 0 atom stereocenters. The summed E-state index contributed by atoms with van der Waals surface area (Å²) >= 11 is 7.21. The SMILES string of the molecule is O=C(CSc1nc2ccccc2c(=O)n1-c1cccc(Cl)c1)NC(=O)NC1CCCC1. The third kappa shape index (κ3) is 5.08. The van der Waals surface area contributed by atoms with Crippen molar-refractivity contribution in [1.82, 2.24) is 20.2 Å². The standard InChI is InChI=1S/C22H21ClN4O3S/c23-14-6-5-9-16(12-14)27-20(29)17-10-3-4-11-18(17)25-22(27)31-13-19(28)26-21(30)24-15-7-1-2-8-15/h3-6,9-12,15H,1-2,7-8,13H2,(H2,24,26,28,30). The summed E-state index contributed by atoms with van der Waals surface area (Å²) in [7, 11) is 0. The van der Waals surface area contributed by atoms with Crippen LogP contribution in [-0.4, -0.2) is 33.3 Å². The summed E-state index contributed by atoms with van der Waals surface area (Å²) in [6.07, 6.45) is 4.04. The van der Waals surface area contributed by atoms with Gasteiger partial charge in [0.2, 0.25) is 5.91 Å². The molecule has 1 aromatic heterocycles. The number of hydrogen-bond acceptors (Lipinski definition) is 5. The normalized spacial score (nSPS) is 14.0. The molecule has 0 bridgehead atoms. The molecule has 0 spiro atoms. The van der Waals surface area contributed by atoms with Gasteiger partial charge < -0.3 is 5.32 Å². The van der Waals surface area contributed by atoms with Gasteiger partial charge in [0.25, 0.3) is 5.56 Å². The summed E-state index contributed by atoms with van der Waals surface area (Å²) in [6.45, 7) is 0. The van der Waals surface area contributed by atoms with E-state index in [1.54, 1.807) is 48.5 Å². The molecule has 1 fully saturated rings. The van der Waals surface area contributed by atoms with Crippen molar-refractivity contribution in [2.24, 2.45) is 0 Å². The van der Waals surface area contributed by atoms with Gasteiger partial charge in [0.05, 0.1) is 22.3 Å². The minimum atomic E-state index is -0.490. The first-order valence-electron chi connectivity index (χ1n) is 10.0. The van der Waals surface area contributed by atoms with E-state index in [9.17, 15) is 14.4 Å². The average Bonchev–Trinajstić information content (AvgIpc) is 3.25. The van der Waals surface area contributed by atoms with Gasteiger partial charge in [0, 0.05) is 11.1 Å². The molecule has 0 saturated heterocycles. The number of imide groups is 1. The summed E-state index contributed by atoms with van der Waals surface area (Å²) in [6, 6.07) is 13.5. The van der Waals surface area contributed by atoms with E-state index in [-0.39, 0.29) is 17.4 Å². The fourth-order valence-corrected chi connectivity index (χ4v) is 4.63. The summed E-state index contributed by atoms with van der Waals surface area (Å²) in [4.78, 5) is 42.1. The number of aromatic nitrogens is 2. The van der Waals surface area contributed by atoms with Crippen molar-refractivity contribution >= 4 is 46.2 Å². The van der Waals surface area contributed by atoms with Gasteiger partial charge in [-0.25, -0.2) is 9.78 Å². The van der Waals surface area contributed by atoms with E-state index in [2.05, 4.69) is 15.6 Å². The Morgan fingerprint density at radius 2 is 1.90 bits per heavy atom. The number of para-hydroxylation sites is 1. The Morgan fingerprint density at radius 3 is 2.68 bits per heavy atom. The van der Waals surface area contributed by atoms with Crippen LogP contribution in [0.2, 0.25) is 5.02 Å². The van der Waals surface area contributed by atoms with Gasteiger partial charge in [0.1, 0.15) is 0 Å². The van der Waals surface area contributed by atoms with Crippen LogP contribution >= 0.6 is 23.4 Å². The Hall–Kier alpha value is -2.84. The Labute approximate surface area is 188 Å². The molecule has 0 radical (unpaired) electrons. The highest BCUT2D eigenvalue weighted by atomic mass is 35.5. The van der Waals surface area contributed by atoms with Crippen LogP contribution in [0.15, 0.2) is 58.5 Å². The van der Waals surface area contributed by atoms with Crippen molar-refractivity contribution in [3.8, 4) is 5.69 Å². The number of benzene rings is 2. The molecule has 2 aromatic carbocycles. The third-order valence-corrected chi connectivity index (χ3v) is 6.26. The van der Waals surface area contributed by atoms with Crippen LogP contribution in [0.25, 0.3) is 16.6 Å². The third-order valence-electron chi connectivity index (χ3n) is 5.09. The lowest BCUT2D eigenvalue weighted by molar-refractivity contribution is -0.117. The Balaban J connectivity index is 1.56. The van der Waals surface area contributed by atoms with Crippen LogP contribution in [0.1, 0.15) is 25.7 Å². The summed E-state index contributed by atoms with van der Waals surface area (Å²) in [5, 5.41) is 6.46. The number of nitrogens with one attached hydrogen (secondary N) is 2. The quantitative estimate of drug-likeness (QED) is 0.448. The highest BCUT2D eigenvalue weighted by Crippen LogP contribution is 2.23. The maximum absolute atomic E-state index is 13.2. The Morgan fingerprint density at radius 1 is 1.13 bits per heavy atom. The van der Waals surface area contributed by atoms with Crippen LogP contribution < -0.4 is 16.2 Å². The number of hydrogen-bond donors (Lipinski definition) is 2. The second-order valence-electron chi connectivity index (χ2n) is 7.32. The van der Waals surface area contributed by atoms with Crippen molar-refractivity contribution in [2.45, 2.75) is 36.9 Å². The van der Waals surface area contributed by atoms with E-state index in [4.69, 9.17) is 11.6 Å². The number of fused-ring (bicyclic) bond motifs is 1. The van der Waals surface area contributed by atoms with Crippen LogP contribution in [0.3, 0.4) is 0 Å². The van der Waals surface area contributed by atoms with Gasteiger partial charge in [-0.3, -0.25) is 19.5 Å². The molecule has 2 N–H and O–H groups in total. The first-order chi connectivity index (χ1) is 15.0. The zero-order chi connectivity index (χ0) is 21.8. The molecule has 31 heavy (non-hydrogen) atoms. The smallest absolute Gasteiger partial charge is 0.321 e. The lowest BCUT2D eigenvalue weighted by Crippen LogP contribution is -2.44. The van der Waals surface area contributed by atoms with Crippen LogP contribution in [0.5, 0.6) is 0 Å². The number of carbonyl (C=O) groups is 2. The zero-order valence-electron chi connectivity index (χ0n) is 16.6. The highest BCUT2D eigenvalue weighted by molar-refractivity contribution is 7.99. The van der Waals surface area contributed by atoms with E-state index >= 15 is 0 Å². The molecule has 0 unspecified atom stereocenters. The number of urea groups is 1. The lowest BCUT2D eigenvalue weighted by atomic mass is 10.2. The van der Waals surface area contributed by atoms with Gasteiger partial charge in [-0.2, -0.15) is 0 Å². The first kappa shape index (κ1) is 21.4. The van der Waals surface area contributed by atoms with E-state index in [0.29, 0.717) is 26.8 Å². The molecule has 4 rings (SSSR count). The van der Waals surface area contributed by atoms with E-state index in [1.807, 2.05) is 0 Å². The van der Waals surface area contributed by atoms with E-state index in [1.165, 1.54) is 4.57 Å². The molecule has 3 amide bonds. The highest BCUT2D eigenvalue weighted by Gasteiger charge is 2.19. The zero-order valence-corrected chi connectivity index (χ0v) is 18.2. The topological polar surface area (TPSA) is 93.1 Å². The second-order valence-corrected chi connectivity index (χ2v) is 8.70. The van der Waals surface area contributed by atoms with Gasteiger partial charge in [-0.1, -0.05) is 54.4 Å². The molecule has 1 aliphatic rings. The van der Waals surface area contributed by atoms with Crippen LogP contribution in [0, 0.1) is 0 Å². The molecule has 160 valence electrons. The number of amides is 3. The summed E-state index contributed by atoms with van der Waals surface area (Å²) in [5.74, 6) is -0.524. The number of thioether (sulfide) groups is 1. The number of nitrogens with zero attached hydrogens (tertiary/aromatic N) is 2. The second kappa shape index (κ2) is 9.53. The molecule has 0 aliphatic heterocycles. The molecule has 1 saturated carbocycles. The lowest BCUT2D eigenvalue weighted by Gasteiger charge is -2.14. The van der Waals surface area contributed by atoms with Gasteiger partial charge in [-0.15, -0.1) is 0 Å². The first-order valence-corrected chi connectivity index (χ1v) is 11.4. The fraction of sp³-hybridized carbons (Fsp3) is 0.273. The predicted octanol–water partition coefficient (Wildman–Crippen LogP) is 3.90. The minimum Gasteiger partial charge on any atom is -0.335 e. The monoisotopic (exact) mass is 456 g/mol. The van der Waals surface area contributed by atoms with Gasteiger partial charge in [-0.05, 0) is 43.2 Å². The summed E-state index contributed by atoms with van der Waals surface area (Å²) in [5.41, 5.74) is 0.833. The maximum Gasteiger partial charge on any atom is 0.321 e. The van der Waals surface area contributed by atoms with Crippen molar-refractivity contribution in [3.05, 3.63) is 63.9 Å². The summed E-state index contributed by atoms with van der Waals surface area (Å²) < 4.78 is 1.44. The fourth-order valence-electron chi connectivity index (χ4n) is 3.64. The van der Waals surface area contributed by atoms with Crippen molar-refractivity contribution in [1.29, 1.82) is 0 Å². The van der Waals surface area contributed by atoms with Crippen LogP contribution in [0.4, 0.5) is 4.79 Å². The van der Waals surface area contributed by atoms with Gasteiger partial charge in [0.15, 0.2) is 5.16 Å².